The van der Waals surface area contributed by atoms with Crippen molar-refractivity contribution >= 4 is 23.2 Å². The Balaban J connectivity index is 2.93. The molecule has 0 aromatic carbocycles. The Morgan fingerprint density at radius 1 is 1.62 bits per heavy atom. The summed E-state index contributed by atoms with van der Waals surface area (Å²) < 4.78 is 0. The third-order valence-electron chi connectivity index (χ3n) is 1.44. The first-order valence-corrected chi connectivity index (χ1v) is 4.63. The first-order valence-electron chi connectivity index (χ1n) is 3.75. The maximum absolute atomic E-state index is 11.3. The Morgan fingerprint density at radius 2 is 2.31 bits per heavy atom. The second kappa shape index (κ2) is 4.04. The lowest BCUT2D eigenvalue weighted by Crippen LogP contribution is -2.23. The molecule has 0 radical (unpaired) electrons. The van der Waals surface area contributed by atoms with E-state index in [0.717, 1.165) is 11.3 Å². The van der Waals surface area contributed by atoms with Crippen molar-refractivity contribution in [3.05, 3.63) is 21.9 Å². The van der Waals surface area contributed by atoms with Crippen LogP contribution in [0.5, 0.6) is 0 Å². The van der Waals surface area contributed by atoms with Crippen molar-refractivity contribution in [2.75, 3.05) is 6.54 Å². The molecule has 0 atom stereocenters. The van der Waals surface area contributed by atoms with Gasteiger partial charge in [0, 0.05) is 6.54 Å². The van der Waals surface area contributed by atoms with E-state index in [4.69, 9.17) is 5.11 Å². The molecule has 1 aromatic rings. The van der Waals surface area contributed by atoms with Gasteiger partial charge in [-0.2, -0.15) is 0 Å². The predicted molar refractivity (Wildman–Crippen MR) is 49.3 cm³/mol. The molecule has 70 valence electrons. The molecule has 13 heavy (non-hydrogen) atoms. The summed E-state index contributed by atoms with van der Waals surface area (Å²) in [6.07, 6.45) is 0. The Kier molecular flexibility index (Phi) is 3.02. The Labute approximate surface area is 79.2 Å². The minimum absolute atomic E-state index is 0.0657. The van der Waals surface area contributed by atoms with Crippen LogP contribution in [0.4, 0.5) is 0 Å². The van der Waals surface area contributed by atoms with Gasteiger partial charge in [-0.3, -0.25) is 4.79 Å². The van der Waals surface area contributed by atoms with E-state index in [2.05, 4.69) is 5.32 Å². The number of carbonyl (C=O) groups is 2. The number of hydrogen-bond donors (Lipinski definition) is 2. The third kappa shape index (κ3) is 2.06. The van der Waals surface area contributed by atoms with Crippen LogP contribution in [-0.4, -0.2) is 23.5 Å². The van der Waals surface area contributed by atoms with Crippen molar-refractivity contribution in [3.8, 4) is 0 Å². The number of thiophene rings is 1. The highest BCUT2D eigenvalue weighted by molar-refractivity contribution is 7.12. The Morgan fingerprint density at radius 3 is 2.85 bits per heavy atom. The number of rotatable bonds is 3. The SMILES string of the molecule is CCNC(=O)c1sccc1C(=O)O. The molecule has 1 rings (SSSR count). The van der Waals surface area contributed by atoms with Gasteiger partial charge in [-0.05, 0) is 18.4 Å². The molecule has 0 aliphatic carbocycles. The van der Waals surface area contributed by atoms with Gasteiger partial charge < -0.3 is 10.4 Å². The average Bonchev–Trinajstić information content (AvgIpc) is 2.52. The Bertz CT molecular complexity index is 332. The molecule has 2 N–H and O–H groups in total. The van der Waals surface area contributed by atoms with E-state index in [1.165, 1.54) is 6.07 Å². The van der Waals surface area contributed by atoms with Gasteiger partial charge >= 0.3 is 5.97 Å². The molecule has 0 fully saturated rings. The molecule has 0 aliphatic rings. The van der Waals surface area contributed by atoms with Crippen LogP contribution in [0.1, 0.15) is 27.0 Å². The lowest BCUT2D eigenvalue weighted by molar-refractivity contribution is 0.0692. The highest BCUT2D eigenvalue weighted by Gasteiger charge is 2.16. The van der Waals surface area contributed by atoms with Gasteiger partial charge in [0.05, 0.1) is 5.56 Å². The molecule has 0 saturated heterocycles. The lowest BCUT2D eigenvalue weighted by atomic mass is 10.2. The number of amides is 1. The van der Waals surface area contributed by atoms with Crippen molar-refractivity contribution in [1.82, 2.24) is 5.32 Å². The fraction of sp³-hybridized carbons (Fsp3) is 0.250. The number of carbonyl (C=O) groups excluding carboxylic acids is 1. The van der Waals surface area contributed by atoms with Gasteiger partial charge in [0.15, 0.2) is 0 Å². The summed E-state index contributed by atoms with van der Waals surface area (Å²) in [6.45, 7) is 2.28. The summed E-state index contributed by atoms with van der Waals surface area (Å²) in [7, 11) is 0. The fourth-order valence-corrected chi connectivity index (χ4v) is 1.70. The third-order valence-corrected chi connectivity index (χ3v) is 2.35. The van der Waals surface area contributed by atoms with Crippen LogP contribution in [0.15, 0.2) is 11.4 Å². The molecule has 1 heterocycles. The highest BCUT2D eigenvalue weighted by atomic mass is 32.1. The van der Waals surface area contributed by atoms with E-state index >= 15 is 0 Å². The molecule has 0 unspecified atom stereocenters. The van der Waals surface area contributed by atoms with E-state index in [1.807, 2.05) is 0 Å². The number of nitrogens with one attached hydrogen (secondary N) is 1. The van der Waals surface area contributed by atoms with Crippen molar-refractivity contribution in [2.24, 2.45) is 0 Å². The van der Waals surface area contributed by atoms with Gasteiger partial charge in [-0.15, -0.1) is 11.3 Å². The highest BCUT2D eigenvalue weighted by Crippen LogP contribution is 2.16. The monoisotopic (exact) mass is 199 g/mol. The number of hydrogen-bond acceptors (Lipinski definition) is 3. The quantitative estimate of drug-likeness (QED) is 0.768. The normalized spacial score (nSPS) is 9.62. The zero-order valence-corrected chi connectivity index (χ0v) is 7.85. The smallest absolute Gasteiger partial charge is 0.337 e. The summed E-state index contributed by atoms with van der Waals surface area (Å²) >= 11 is 1.13. The number of carboxylic acids is 1. The molecule has 0 aliphatic heterocycles. The van der Waals surface area contributed by atoms with Crippen molar-refractivity contribution in [1.29, 1.82) is 0 Å². The zero-order valence-electron chi connectivity index (χ0n) is 7.03. The predicted octanol–water partition coefficient (Wildman–Crippen LogP) is 1.20. The van der Waals surface area contributed by atoms with Crippen LogP contribution in [0.2, 0.25) is 0 Å². The topological polar surface area (TPSA) is 66.4 Å². The summed E-state index contributed by atoms with van der Waals surface area (Å²) in [5.41, 5.74) is 0.0657. The lowest BCUT2D eigenvalue weighted by Gasteiger charge is -1.99. The molecular weight excluding hydrogens is 190 g/mol. The molecule has 1 amide bonds. The van der Waals surface area contributed by atoms with Gasteiger partial charge in [0.1, 0.15) is 4.88 Å². The standard InChI is InChI=1S/C8H9NO3S/c1-2-9-7(10)6-5(8(11)12)3-4-13-6/h3-4H,2H2,1H3,(H,9,10)(H,11,12). The molecule has 0 spiro atoms. The summed E-state index contributed by atoms with van der Waals surface area (Å²) in [5.74, 6) is -1.39. The van der Waals surface area contributed by atoms with Gasteiger partial charge in [0.25, 0.3) is 5.91 Å². The molecule has 1 aromatic heterocycles. The first-order chi connectivity index (χ1) is 6.16. The zero-order chi connectivity index (χ0) is 9.84. The second-order valence-electron chi connectivity index (χ2n) is 2.33. The van der Waals surface area contributed by atoms with Crippen LogP contribution in [0, 0.1) is 0 Å². The summed E-state index contributed by atoms with van der Waals surface area (Å²) in [5, 5.41) is 12.8. The number of aromatic carboxylic acids is 1. The number of carboxylic acid groups (broad SMARTS) is 1. The Hall–Kier alpha value is -1.36. The maximum Gasteiger partial charge on any atom is 0.337 e. The summed E-state index contributed by atoms with van der Waals surface area (Å²) in [6, 6.07) is 1.43. The van der Waals surface area contributed by atoms with Crippen molar-refractivity contribution in [3.63, 3.8) is 0 Å². The molecular formula is C8H9NO3S. The van der Waals surface area contributed by atoms with Crippen LogP contribution < -0.4 is 5.32 Å². The molecule has 0 saturated carbocycles. The average molecular weight is 199 g/mol. The molecule has 5 heteroatoms. The van der Waals surface area contributed by atoms with Crippen LogP contribution in [0.25, 0.3) is 0 Å². The van der Waals surface area contributed by atoms with E-state index < -0.39 is 5.97 Å². The van der Waals surface area contributed by atoms with E-state index in [-0.39, 0.29) is 16.3 Å². The molecule has 4 nitrogen and oxygen atoms in total. The van der Waals surface area contributed by atoms with E-state index in [9.17, 15) is 9.59 Å². The molecule has 0 bridgehead atoms. The van der Waals surface area contributed by atoms with E-state index in [0.29, 0.717) is 6.54 Å². The van der Waals surface area contributed by atoms with Gasteiger partial charge in [-0.25, -0.2) is 4.79 Å². The second-order valence-corrected chi connectivity index (χ2v) is 3.24. The van der Waals surface area contributed by atoms with Gasteiger partial charge in [-0.1, -0.05) is 0 Å². The van der Waals surface area contributed by atoms with Gasteiger partial charge in [0.2, 0.25) is 0 Å². The van der Waals surface area contributed by atoms with Crippen molar-refractivity contribution < 1.29 is 14.7 Å². The maximum atomic E-state index is 11.3. The van der Waals surface area contributed by atoms with Crippen LogP contribution in [-0.2, 0) is 0 Å². The van der Waals surface area contributed by atoms with Crippen LogP contribution in [0.3, 0.4) is 0 Å². The van der Waals surface area contributed by atoms with E-state index in [1.54, 1.807) is 12.3 Å². The first kappa shape index (κ1) is 9.73. The largest absolute Gasteiger partial charge is 0.478 e. The van der Waals surface area contributed by atoms with Crippen LogP contribution >= 0.6 is 11.3 Å². The minimum Gasteiger partial charge on any atom is -0.478 e. The minimum atomic E-state index is -1.07. The van der Waals surface area contributed by atoms with Crippen molar-refractivity contribution in [2.45, 2.75) is 6.92 Å². The summed E-state index contributed by atoms with van der Waals surface area (Å²) in [4.78, 5) is 22.1. The fourth-order valence-electron chi connectivity index (χ4n) is 0.894.